The number of halogens is 1. The van der Waals surface area contributed by atoms with Crippen molar-refractivity contribution in [3.63, 3.8) is 0 Å². The lowest BCUT2D eigenvalue weighted by Crippen LogP contribution is -2.06. The molecule has 0 N–H and O–H groups in total. The third-order valence-corrected chi connectivity index (χ3v) is 1.64. The van der Waals surface area contributed by atoms with Gasteiger partial charge in [0.2, 0.25) is 0 Å². The van der Waals surface area contributed by atoms with Crippen LogP contribution in [0.4, 0.5) is 5.69 Å². The molecule has 0 unspecified atom stereocenters. The maximum Gasteiger partial charge on any atom is 0.0809 e. The van der Waals surface area contributed by atoms with Crippen LogP contribution in [-0.4, -0.2) is 7.05 Å². The van der Waals surface area contributed by atoms with Gasteiger partial charge in [-0.25, -0.2) is 5.01 Å². The van der Waals surface area contributed by atoms with Crippen LogP contribution < -0.4 is 5.01 Å². The average Bonchev–Trinajstić information content (AvgIpc) is 2.04. The minimum absolute atomic E-state index is 0.523. The Labute approximate surface area is 69.5 Å². The summed E-state index contributed by atoms with van der Waals surface area (Å²) in [6.07, 6.45) is 0. The highest BCUT2D eigenvalue weighted by Gasteiger charge is 2.02. The van der Waals surface area contributed by atoms with Crippen molar-refractivity contribution in [3.05, 3.63) is 34.2 Å². The van der Waals surface area contributed by atoms with Gasteiger partial charge in [-0.05, 0) is 12.1 Å². The maximum absolute atomic E-state index is 10.1. The summed E-state index contributed by atoms with van der Waals surface area (Å²) < 4.78 is 0. The standard InChI is InChI=1S/C7H7ClN2O/c1-10(9-11)7-5-3-2-4-6(7)8/h2-5H,1H3. The molecule has 0 heterocycles. The van der Waals surface area contributed by atoms with E-state index in [2.05, 4.69) is 5.29 Å². The molecule has 0 spiro atoms. The van der Waals surface area contributed by atoms with E-state index in [0.29, 0.717) is 10.7 Å². The first-order valence-corrected chi connectivity index (χ1v) is 3.45. The monoisotopic (exact) mass is 170 g/mol. The quantitative estimate of drug-likeness (QED) is 0.505. The third kappa shape index (κ3) is 1.68. The van der Waals surface area contributed by atoms with E-state index in [-0.39, 0.29) is 0 Å². The minimum Gasteiger partial charge on any atom is -0.231 e. The zero-order chi connectivity index (χ0) is 8.27. The number of para-hydroxylation sites is 1. The Morgan fingerprint density at radius 3 is 2.64 bits per heavy atom. The number of hydrogen-bond acceptors (Lipinski definition) is 2. The van der Waals surface area contributed by atoms with E-state index >= 15 is 0 Å². The van der Waals surface area contributed by atoms with Crippen LogP contribution in [0.25, 0.3) is 0 Å². The predicted octanol–water partition coefficient (Wildman–Crippen LogP) is 2.46. The SMILES string of the molecule is CN(N=O)c1ccccc1Cl. The first-order chi connectivity index (χ1) is 5.25. The molecule has 0 saturated heterocycles. The molecule has 1 aromatic rings. The molecule has 0 aromatic heterocycles. The number of rotatable bonds is 2. The van der Waals surface area contributed by atoms with Gasteiger partial charge in [0.25, 0.3) is 0 Å². The van der Waals surface area contributed by atoms with Gasteiger partial charge in [0, 0.05) is 7.05 Å². The fourth-order valence-corrected chi connectivity index (χ4v) is 1.02. The van der Waals surface area contributed by atoms with Crippen molar-refractivity contribution in [2.45, 2.75) is 0 Å². The van der Waals surface area contributed by atoms with Crippen molar-refractivity contribution in [1.82, 2.24) is 0 Å². The molecular formula is C7H7ClN2O. The molecule has 1 aromatic carbocycles. The summed E-state index contributed by atoms with van der Waals surface area (Å²) in [4.78, 5) is 10.1. The van der Waals surface area contributed by atoms with E-state index in [9.17, 15) is 4.91 Å². The highest BCUT2D eigenvalue weighted by Crippen LogP contribution is 2.23. The van der Waals surface area contributed by atoms with Crippen LogP contribution in [0.3, 0.4) is 0 Å². The van der Waals surface area contributed by atoms with Gasteiger partial charge < -0.3 is 0 Å². The van der Waals surface area contributed by atoms with Gasteiger partial charge >= 0.3 is 0 Å². The van der Waals surface area contributed by atoms with Gasteiger partial charge in [0.15, 0.2) is 0 Å². The second-order valence-electron chi connectivity index (χ2n) is 2.06. The summed E-state index contributed by atoms with van der Waals surface area (Å²) in [6, 6.07) is 7.02. The van der Waals surface area contributed by atoms with Crippen molar-refractivity contribution in [1.29, 1.82) is 0 Å². The van der Waals surface area contributed by atoms with Crippen molar-refractivity contribution in [2.24, 2.45) is 5.29 Å². The Morgan fingerprint density at radius 2 is 2.09 bits per heavy atom. The van der Waals surface area contributed by atoms with Crippen LogP contribution >= 0.6 is 11.6 Å². The molecule has 0 saturated carbocycles. The van der Waals surface area contributed by atoms with Gasteiger partial charge in [-0.15, -0.1) is 4.91 Å². The second kappa shape index (κ2) is 3.34. The molecule has 11 heavy (non-hydrogen) atoms. The normalized spacial score (nSPS) is 9.27. The van der Waals surface area contributed by atoms with Crippen LogP contribution in [0.1, 0.15) is 0 Å². The summed E-state index contributed by atoms with van der Waals surface area (Å²) >= 11 is 5.76. The molecule has 0 fully saturated rings. The van der Waals surface area contributed by atoms with Crippen LogP contribution in [0.2, 0.25) is 5.02 Å². The van der Waals surface area contributed by atoms with Crippen molar-refractivity contribution < 1.29 is 0 Å². The lowest BCUT2D eigenvalue weighted by molar-refractivity contribution is 1.00. The van der Waals surface area contributed by atoms with E-state index < -0.39 is 0 Å². The topological polar surface area (TPSA) is 32.7 Å². The summed E-state index contributed by atoms with van der Waals surface area (Å²) in [6.45, 7) is 0. The van der Waals surface area contributed by atoms with Gasteiger partial charge in [-0.1, -0.05) is 23.7 Å². The van der Waals surface area contributed by atoms with Gasteiger partial charge in [0.05, 0.1) is 16.0 Å². The van der Waals surface area contributed by atoms with Gasteiger partial charge in [-0.3, -0.25) is 0 Å². The molecule has 0 radical (unpaired) electrons. The maximum atomic E-state index is 10.1. The molecule has 4 heteroatoms. The molecule has 0 amide bonds. The van der Waals surface area contributed by atoms with E-state index in [1.165, 1.54) is 5.01 Å². The summed E-state index contributed by atoms with van der Waals surface area (Å²) in [5.41, 5.74) is 0.615. The summed E-state index contributed by atoms with van der Waals surface area (Å²) in [5.74, 6) is 0. The van der Waals surface area contributed by atoms with Gasteiger partial charge in [0.1, 0.15) is 0 Å². The Morgan fingerprint density at radius 1 is 1.45 bits per heavy atom. The van der Waals surface area contributed by atoms with Crippen molar-refractivity contribution >= 4 is 17.3 Å². The van der Waals surface area contributed by atoms with Crippen LogP contribution in [0.15, 0.2) is 29.6 Å². The molecule has 0 aliphatic heterocycles. The Kier molecular flexibility index (Phi) is 2.44. The van der Waals surface area contributed by atoms with Gasteiger partial charge in [-0.2, -0.15) is 0 Å². The lowest BCUT2D eigenvalue weighted by atomic mass is 10.3. The highest BCUT2D eigenvalue weighted by molar-refractivity contribution is 6.33. The third-order valence-electron chi connectivity index (χ3n) is 1.32. The van der Waals surface area contributed by atoms with Crippen LogP contribution in [0, 0.1) is 4.91 Å². The Hall–Kier alpha value is -1.09. The van der Waals surface area contributed by atoms with Crippen molar-refractivity contribution in [2.75, 3.05) is 12.1 Å². The molecule has 3 nitrogen and oxygen atoms in total. The molecular weight excluding hydrogens is 164 g/mol. The molecule has 0 bridgehead atoms. The number of hydrogen-bond donors (Lipinski definition) is 0. The number of nitrogens with zero attached hydrogens (tertiary/aromatic N) is 2. The molecule has 0 atom stereocenters. The van der Waals surface area contributed by atoms with Crippen molar-refractivity contribution in [3.8, 4) is 0 Å². The fourth-order valence-electron chi connectivity index (χ4n) is 0.758. The summed E-state index contributed by atoms with van der Waals surface area (Å²) in [7, 11) is 1.55. The number of nitroso groups, excluding NO2 is 1. The summed E-state index contributed by atoms with van der Waals surface area (Å²) in [5, 5.41) is 4.42. The Bertz CT molecular complexity index is 264. The molecule has 58 valence electrons. The smallest absolute Gasteiger partial charge is 0.0809 e. The fraction of sp³-hybridized carbons (Fsp3) is 0.143. The van der Waals surface area contributed by atoms with Crippen LogP contribution in [-0.2, 0) is 0 Å². The zero-order valence-corrected chi connectivity index (χ0v) is 6.75. The second-order valence-corrected chi connectivity index (χ2v) is 2.46. The lowest BCUT2D eigenvalue weighted by Gasteiger charge is -2.08. The number of benzene rings is 1. The van der Waals surface area contributed by atoms with E-state index in [1.54, 1.807) is 31.3 Å². The number of anilines is 1. The predicted molar refractivity (Wildman–Crippen MR) is 45.7 cm³/mol. The Balaban J connectivity index is 3.02. The molecule has 0 aliphatic carbocycles. The van der Waals surface area contributed by atoms with E-state index in [0.717, 1.165) is 0 Å². The van der Waals surface area contributed by atoms with E-state index in [1.807, 2.05) is 0 Å². The highest BCUT2D eigenvalue weighted by atomic mass is 35.5. The zero-order valence-electron chi connectivity index (χ0n) is 5.99. The molecule has 1 rings (SSSR count). The first-order valence-electron chi connectivity index (χ1n) is 3.07. The van der Waals surface area contributed by atoms with Crippen LogP contribution in [0.5, 0.6) is 0 Å². The minimum atomic E-state index is 0.523. The van der Waals surface area contributed by atoms with E-state index in [4.69, 9.17) is 11.6 Å². The largest absolute Gasteiger partial charge is 0.231 e. The molecule has 0 aliphatic rings. The first kappa shape index (κ1) is 8.01. The average molecular weight is 171 g/mol.